The molecule has 1 atom stereocenters. The second-order valence-corrected chi connectivity index (χ2v) is 6.53. The highest BCUT2D eigenvalue weighted by Gasteiger charge is 2.58. The summed E-state index contributed by atoms with van der Waals surface area (Å²) in [7, 11) is 1.58. The van der Waals surface area contributed by atoms with Gasteiger partial charge >= 0.3 is 0 Å². The number of hydrogen-bond acceptors (Lipinski definition) is 4. The molecule has 23 heavy (non-hydrogen) atoms. The molecule has 2 amide bonds. The van der Waals surface area contributed by atoms with Crippen LogP contribution in [0.25, 0.3) is 0 Å². The lowest BCUT2D eigenvalue weighted by atomic mass is 10.0. The number of nitrogens with one attached hydrogen (secondary N) is 1. The van der Waals surface area contributed by atoms with Crippen molar-refractivity contribution < 1.29 is 14.3 Å². The second kappa shape index (κ2) is 5.03. The van der Waals surface area contributed by atoms with Gasteiger partial charge in [0.1, 0.15) is 5.75 Å². The van der Waals surface area contributed by atoms with E-state index in [2.05, 4.69) is 5.32 Å². The minimum absolute atomic E-state index is 0.0879. The Labute approximate surface area is 137 Å². The molecule has 1 N–H and O–H groups in total. The topological polar surface area (TPSA) is 58.6 Å². The van der Waals surface area contributed by atoms with Crippen LogP contribution < -0.4 is 15.0 Å². The van der Waals surface area contributed by atoms with E-state index in [1.807, 2.05) is 42.5 Å². The van der Waals surface area contributed by atoms with Gasteiger partial charge in [0.25, 0.3) is 5.91 Å². The van der Waals surface area contributed by atoms with Gasteiger partial charge in [0.15, 0.2) is 0 Å². The number of ether oxygens (including phenoxy) is 1. The van der Waals surface area contributed by atoms with Crippen molar-refractivity contribution in [3.63, 3.8) is 0 Å². The molecule has 2 aliphatic heterocycles. The van der Waals surface area contributed by atoms with Gasteiger partial charge in [0, 0.05) is 23.0 Å². The Kier molecular flexibility index (Phi) is 3.09. The van der Waals surface area contributed by atoms with E-state index in [0.29, 0.717) is 11.4 Å². The van der Waals surface area contributed by atoms with Crippen molar-refractivity contribution in [1.82, 2.24) is 0 Å². The number of methoxy groups -OCH3 is 1. The van der Waals surface area contributed by atoms with Crippen LogP contribution in [0.4, 0.5) is 11.4 Å². The van der Waals surface area contributed by atoms with Crippen LogP contribution in [-0.2, 0) is 14.5 Å². The molecule has 4 rings (SSSR count). The maximum atomic E-state index is 12.8. The number of rotatable bonds is 2. The number of thioether (sulfide) groups is 1. The second-order valence-electron chi connectivity index (χ2n) is 5.36. The van der Waals surface area contributed by atoms with Crippen molar-refractivity contribution in [2.45, 2.75) is 4.87 Å². The zero-order valence-corrected chi connectivity index (χ0v) is 13.2. The zero-order valence-electron chi connectivity index (χ0n) is 12.4. The quantitative estimate of drug-likeness (QED) is 0.921. The normalized spacial score (nSPS) is 22.4. The van der Waals surface area contributed by atoms with Crippen molar-refractivity contribution in [2.75, 3.05) is 23.1 Å². The highest BCUT2D eigenvalue weighted by molar-refractivity contribution is 8.02. The summed E-state index contributed by atoms with van der Waals surface area (Å²) in [5, 5.41) is 2.89. The predicted octanol–water partition coefficient (Wildman–Crippen LogP) is 2.58. The average molecular weight is 326 g/mol. The maximum Gasteiger partial charge on any atom is 0.266 e. The molecule has 2 aliphatic rings. The predicted molar refractivity (Wildman–Crippen MR) is 89.7 cm³/mol. The van der Waals surface area contributed by atoms with E-state index in [1.165, 1.54) is 11.8 Å². The van der Waals surface area contributed by atoms with Crippen LogP contribution >= 0.6 is 11.8 Å². The molecule has 2 heterocycles. The van der Waals surface area contributed by atoms with Gasteiger partial charge in [-0.25, -0.2) is 0 Å². The molecular weight excluding hydrogens is 312 g/mol. The Balaban J connectivity index is 1.91. The number of amides is 2. The fraction of sp³-hybridized carbons (Fsp3) is 0.176. The standard InChI is InChI=1S/C17H14N2O3S/c1-22-12-6-4-5-11(9-12)19-15(20)10-23-17(19)13-7-2-3-8-14(13)18-16(17)21/h2-9H,10H2,1H3,(H,18,21). The number of carbonyl (C=O) groups excluding carboxylic acids is 2. The van der Waals surface area contributed by atoms with Crippen molar-refractivity contribution in [1.29, 1.82) is 0 Å². The molecule has 0 aromatic heterocycles. The first-order chi connectivity index (χ1) is 11.2. The first-order valence-electron chi connectivity index (χ1n) is 7.19. The van der Waals surface area contributed by atoms with E-state index in [4.69, 9.17) is 4.74 Å². The van der Waals surface area contributed by atoms with Gasteiger partial charge in [-0.1, -0.05) is 24.3 Å². The van der Waals surface area contributed by atoms with Crippen LogP contribution in [0.2, 0.25) is 0 Å². The molecule has 2 aromatic carbocycles. The highest BCUT2D eigenvalue weighted by atomic mass is 32.2. The SMILES string of the molecule is COc1cccc(N2C(=O)CSC23C(=O)Nc2ccccc23)c1. The molecule has 1 saturated heterocycles. The van der Waals surface area contributed by atoms with Gasteiger partial charge in [-0.05, 0) is 18.2 Å². The summed E-state index contributed by atoms with van der Waals surface area (Å²) >= 11 is 1.35. The van der Waals surface area contributed by atoms with Gasteiger partial charge in [-0.15, -0.1) is 11.8 Å². The minimum atomic E-state index is -1.04. The Morgan fingerprint density at radius 2 is 2.00 bits per heavy atom. The van der Waals surface area contributed by atoms with Crippen LogP contribution in [0.15, 0.2) is 48.5 Å². The fourth-order valence-electron chi connectivity index (χ4n) is 3.13. The van der Waals surface area contributed by atoms with Crippen LogP contribution in [0.5, 0.6) is 5.75 Å². The first kappa shape index (κ1) is 14.1. The zero-order chi connectivity index (χ0) is 16.0. The van der Waals surface area contributed by atoms with E-state index in [1.54, 1.807) is 18.1 Å². The summed E-state index contributed by atoms with van der Waals surface area (Å²) in [6.45, 7) is 0. The van der Waals surface area contributed by atoms with Gasteiger partial charge in [-0.3, -0.25) is 14.5 Å². The number of hydrogen-bond donors (Lipinski definition) is 1. The Morgan fingerprint density at radius 3 is 2.83 bits per heavy atom. The summed E-state index contributed by atoms with van der Waals surface area (Å²) in [4.78, 5) is 25.9. The number of benzene rings is 2. The Morgan fingerprint density at radius 1 is 1.17 bits per heavy atom. The van der Waals surface area contributed by atoms with Gasteiger partial charge in [0.05, 0.1) is 12.9 Å². The molecule has 0 bridgehead atoms. The third kappa shape index (κ3) is 1.88. The summed E-state index contributed by atoms with van der Waals surface area (Å²) < 4.78 is 5.25. The Bertz CT molecular complexity index is 823. The largest absolute Gasteiger partial charge is 0.497 e. The number of carbonyl (C=O) groups is 2. The van der Waals surface area contributed by atoms with E-state index in [-0.39, 0.29) is 17.6 Å². The van der Waals surface area contributed by atoms with E-state index in [0.717, 1.165) is 11.3 Å². The molecule has 116 valence electrons. The lowest BCUT2D eigenvalue weighted by Gasteiger charge is -2.32. The molecule has 0 aliphatic carbocycles. The molecule has 1 fully saturated rings. The minimum Gasteiger partial charge on any atom is -0.497 e. The highest BCUT2D eigenvalue weighted by Crippen LogP contribution is 2.53. The average Bonchev–Trinajstić information content (AvgIpc) is 3.07. The maximum absolute atomic E-state index is 12.8. The molecule has 5 nitrogen and oxygen atoms in total. The summed E-state index contributed by atoms with van der Waals surface area (Å²) in [5.74, 6) is 0.639. The molecule has 1 spiro atoms. The smallest absolute Gasteiger partial charge is 0.266 e. The van der Waals surface area contributed by atoms with Crippen LogP contribution in [0.3, 0.4) is 0 Å². The monoisotopic (exact) mass is 326 g/mol. The molecule has 1 unspecified atom stereocenters. The van der Waals surface area contributed by atoms with E-state index < -0.39 is 4.87 Å². The van der Waals surface area contributed by atoms with Gasteiger partial charge in [-0.2, -0.15) is 0 Å². The van der Waals surface area contributed by atoms with Crippen LogP contribution in [0, 0.1) is 0 Å². The molecule has 0 saturated carbocycles. The van der Waals surface area contributed by atoms with Crippen molar-refractivity contribution in [3.05, 3.63) is 54.1 Å². The van der Waals surface area contributed by atoms with Crippen LogP contribution in [0.1, 0.15) is 5.56 Å². The molecular formula is C17H14N2O3S. The first-order valence-corrected chi connectivity index (χ1v) is 8.17. The number of anilines is 2. The third-order valence-corrected chi connectivity index (χ3v) is 5.53. The lowest BCUT2D eigenvalue weighted by Crippen LogP contribution is -2.47. The van der Waals surface area contributed by atoms with Gasteiger partial charge < -0.3 is 10.1 Å². The molecule has 6 heteroatoms. The fourth-order valence-corrected chi connectivity index (χ4v) is 4.44. The number of para-hydroxylation sites is 1. The van der Waals surface area contributed by atoms with Crippen molar-refractivity contribution in [3.8, 4) is 5.75 Å². The molecule has 0 radical (unpaired) electrons. The van der Waals surface area contributed by atoms with Crippen molar-refractivity contribution in [2.24, 2.45) is 0 Å². The van der Waals surface area contributed by atoms with Gasteiger partial charge in [0.2, 0.25) is 10.8 Å². The summed E-state index contributed by atoms with van der Waals surface area (Å²) in [6.07, 6.45) is 0. The summed E-state index contributed by atoms with van der Waals surface area (Å²) in [6, 6.07) is 14.7. The number of fused-ring (bicyclic) bond motifs is 2. The van der Waals surface area contributed by atoms with E-state index in [9.17, 15) is 9.59 Å². The lowest BCUT2D eigenvalue weighted by molar-refractivity contribution is -0.122. The van der Waals surface area contributed by atoms with E-state index >= 15 is 0 Å². The number of nitrogens with zero attached hydrogens (tertiary/aromatic N) is 1. The van der Waals surface area contributed by atoms with Crippen molar-refractivity contribution >= 4 is 35.0 Å². The van der Waals surface area contributed by atoms with Crippen LogP contribution in [-0.4, -0.2) is 24.7 Å². The summed E-state index contributed by atoms with van der Waals surface area (Å²) in [5.41, 5.74) is 2.24. The Hall–Kier alpha value is -2.47. The molecule has 2 aromatic rings. The third-order valence-electron chi connectivity index (χ3n) is 4.13.